The van der Waals surface area contributed by atoms with Gasteiger partial charge in [0.05, 0.1) is 38.3 Å². The van der Waals surface area contributed by atoms with Crippen LogP contribution in [0.1, 0.15) is 56.7 Å². The molecule has 1 unspecified atom stereocenters. The molecule has 2 aromatic carbocycles. The maximum absolute atomic E-state index is 13.4. The Labute approximate surface area is 235 Å². The van der Waals surface area contributed by atoms with Crippen molar-refractivity contribution in [3.05, 3.63) is 77.9 Å². The largest absolute Gasteiger partial charge is 0.507 e. The van der Waals surface area contributed by atoms with Gasteiger partial charge in [0.25, 0.3) is 11.7 Å². The Balaban J connectivity index is 1.72. The zero-order chi connectivity index (χ0) is 28.5. The number of Topliss-reactive ketones (excluding diaryl/α,β-unsaturated/α-hetero) is 1. The number of aryl methyl sites for hydroxylation is 1. The van der Waals surface area contributed by atoms with Gasteiger partial charge >= 0.3 is 0 Å². The number of aliphatic hydroxyl groups is 1. The van der Waals surface area contributed by atoms with E-state index in [1.54, 1.807) is 56.0 Å². The van der Waals surface area contributed by atoms with Gasteiger partial charge in [-0.05, 0) is 49.6 Å². The molecule has 1 aliphatic rings. The number of rotatable bonds is 14. The van der Waals surface area contributed by atoms with Gasteiger partial charge in [0.15, 0.2) is 11.5 Å². The lowest BCUT2D eigenvalue weighted by atomic mass is 9.95. The number of nitrogens with zero attached hydrogens (tertiary/aromatic N) is 3. The molecule has 3 aromatic rings. The van der Waals surface area contributed by atoms with E-state index in [4.69, 9.17) is 14.2 Å². The average Bonchev–Trinajstić information content (AvgIpc) is 3.58. The van der Waals surface area contributed by atoms with E-state index in [0.29, 0.717) is 61.1 Å². The summed E-state index contributed by atoms with van der Waals surface area (Å²) in [6.07, 6.45) is 8.93. The monoisotopic (exact) mass is 547 g/mol. The Bertz CT molecular complexity index is 1330. The molecular weight excluding hydrogens is 510 g/mol. The smallest absolute Gasteiger partial charge is 0.295 e. The van der Waals surface area contributed by atoms with Gasteiger partial charge in [-0.15, -0.1) is 0 Å². The number of aromatic nitrogens is 2. The first-order chi connectivity index (χ1) is 19.5. The molecule has 4 rings (SSSR count). The fourth-order valence-electron chi connectivity index (χ4n) is 4.86. The summed E-state index contributed by atoms with van der Waals surface area (Å²) in [5, 5.41) is 11.4. The molecule has 9 nitrogen and oxygen atoms in total. The molecule has 212 valence electrons. The van der Waals surface area contributed by atoms with Gasteiger partial charge in [-0.25, -0.2) is 4.98 Å². The first-order valence-corrected chi connectivity index (χ1v) is 13.8. The number of aliphatic hydroxyl groups excluding tert-OH is 1. The van der Waals surface area contributed by atoms with Crippen LogP contribution in [-0.4, -0.2) is 58.1 Å². The van der Waals surface area contributed by atoms with Crippen LogP contribution in [0.4, 0.5) is 0 Å². The number of benzene rings is 2. The number of amides is 1. The lowest BCUT2D eigenvalue weighted by molar-refractivity contribution is -0.139. The first-order valence-electron chi connectivity index (χ1n) is 13.8. The van der Waals surface area contributed by atoms with Crippen molar-refractivity contribution in [2.24, 2.45) is 0 Å². The Morgan fingerprint density at radius 2 is 1.85 bits per heavy atom. The third-order valence-corrected chi connectivity index (χ3v) is 6.84. The third kappa shape index (κ3) is 6.47. The predicted octanol–water partition coefficient (Wildman–Crippen LogP) is 5.37. The summed E-state index contributed by atoms with van der Waals surface area (Å²) in [4.78, 5) is 32.4. The van der Waals surface area contributed by atoms with Crippen LogP contribution in [0.15, 0.2) is 66.8 Å². The fraction of sp³-hybridized carbons (Fsp3) is 0.387. The number of ether oxygens (including phenoxy) is 3. The van der Waals surface area contributed by atoms with Crippen molar-refractivity contribution in [2.75, 3.05) is 26.9 Å². The molecule has 1 saturated heterocycles. The molecule has 1 aliphatic heterocycles. The van der Waals surface area contributed by atoms with Gasteiger partial charge in [-0.1, -0.05) is 38.0 Å². The van der Waals surface area contributed by atoms with E-state index in [9.17, 15) is 14.7 Å². The summed E-state index contributed by atoms with van der Waals surface area (Å²) >= 11 is 0. The zero-order valence-corrected chi connectivity index (χ0v) is 23.3. The van der Waals surface area contributed by atoms with Gasteiger partial charge < -0.3 is 28.8 Å². The summed E-state index contributed by atoms with van der Waals surface area (Å²) in [6, 6.07) is 11.5. The molecule has 0 aliphatic carbocycles. The minimum absolute atomic E-state index is 0.0277. The highest BCUT2D eigenvalue weighted by molar-refractivity contribution is 6.46. The first kappa shape index (κ1) is 28.7. The number of hydrogen-bond acceptors (Lipinski definition) is 7. The van der Waals surface area contributed by atoms with E-state index in [0.717, 1.165) is 19.3 Å². The molecule has 9 heteroatoms. The molecule has 1 aromatic heterocycles. The van der Waals surface area contributed by atoms with Crippen molar-refractivity contribution in [1.82, 2.24) is 14.5 Å². The average molecular weight is 548 g/mol. The minimum atomic E-state index is -0.804. The Morgan fingerprint density at radius 1 is 1.00 bits per heavy atom. The van der Waals surface area contributed by atoms with E-state index in [1.165, 1.54) is 4.90 Å². The van der Waals surface area contributed by atoms with Crippen molar-refractivity contribution in [1.29, 1.82) is 0 Å². The topological polar surface area (TPSA) is 103 Å². The number of unbranched alkanes of at least 4 members (excludes halogenated alkanes) is 2. The van der Waals surface area contributed by atoms with Crippen LogP contribution < -0.4 is 14.2 Å². The Morgan fingerprint density at radius 3 is 2.58 bits per heavy atom. The second kappa shape index (κ2) is 13.7. The number of methoxy groups -OCH3 is 1. The molecular formula is C31H37N3O6. The van der Waals surface area contributed by atoms with Crippen LogP contribution in [0.2, 0.25) is 0 Å². The number of carbonyl (C=O) groups is 2. The molecule has 0 bridgehead atoms. The second-order valence-corrected chi connectivity index (χ2v) is 9.57. The Hall–Kier alpha value is -4.27. The van der Waals surface area contributed by atoms with Crippen LogP contribution in [-0.2, 0) is 16.1 Å². The van der Waals surface area contributed by atoms with Crippen molar-refractivity contribution < 1.29 is 28.9 Å². The van der Waals surface area contributed by atoms with Gasteiger partial charge in [0.2, 0.25) is 0 Å². The van der Waals surface area contributed by atoms with E-state index >= 15 is 0 Å². The summed E-state index contributed by atoms with van der Waals surface area (Å²) in [6.45, 7) is 5.95. The van der Waals surface area contributed by atoms with Gasteiger partial charge in [-0.2, -0.15) is 0 Å². The van der Waals surface area contributed by atoms with Gasteiger partial charge in [0.1, 0.15) is 11.5 Å². The highest BCUT2D eigenvalue weighted by Gasteiger charge is 2.46. The van der Waals surface area contributed by atoms with Crippen molar-refractivity contribution in [3.63, 3.8) is 0 Å². The highest BCUT2D eigenvalue weighted by atomic mass is 16.5. The van der Waals surface area contributed by atoms with Crippen LogP contribution in [0.25, 0.3) is 5.76 Å². The third-order valence-electron chi connectivity index (χ3n) is 6.84. The maximum Gasteiger partial charge on any atom is 0.295 e. The lowest BCUT2D eigenvalue weighted by Gasteiger charge is -2.26. The zero-order valence-electron chi connectivity index (χ0n) is 23.3. The van der Waals surface area contributed by atoms with E-state index in [2.05, 4.69) is 11.9 Å². The van der Waals surface area contributed by atoms with Crippen LogP contribution in [0.5, 0.6) is 17.2 Å². The molecule has 1 amide bonds. The van der Waals surface area contributed by atoms with E-state index in [1.807, 2.05) is 23.8 Å². The van der Waals surface area contributed by atoms with Crippen molar-refractivity contribution >= 4 is 17.4 Å². The van der Waals surface area contributed by atoms with Gasteiger partial charge in [-0.3, -0.25) is 9.59 Å². The lowest BCUT2D eigenvalue weighted by Crippen LogP contribution is -2.31. The molecule has 1 N–H and O–H groups in total. The van der Waals surface area contributed by atoms with Crippen molar-refractivity contribution in [3.8, 4) is 17.2 Å². The van der Waals surface area contributed by atoms with Gasteiger partial charge in [0, 0.05) is 31.0 Å². The molecule has 0 saturated carbocycles. The number of imidazole rings is 1. The van der Waals surface area contributed by atoms with Crippen LogP contribution >= 0.6 is 0 Å². The van der Waals surface area contributed by atoms with Crippen LogP contribution in [0.3, 0.4) is 0 Å². The Kier molecular flexibility index (Phi) is 9.83. The standard InChI is InChI=1S/C31H37N3O6/c1-4-6-7-18-40-25-13-12-22(20-26(25)38-3)28-27(29(35)23-10-8-11-24(19-23)39-5-2)30(36)31(37)34(28)16-9-15-33-17-14-32-21-33/h8,10-14,17,19-21,28,35H,4-7,9,15-16,18H2,1-3H3. The van der Waals surface area contributed by atoms with Crippen molar-refractivity contribution in [2.45, 2.75) is 52.1 Å². The summed E-state index contributed by atoms with van der Waals surface area (Å²) in [7, 11) is 1.55. The normalized spacial score (nSPS) is 16.4. The molecule has 0 radical (unpaired) electrons. The summed E-state index contributed by atoms with van der Waals surface area (Å²) in [5.41, 5.74) is 1.07. The highest BCUT2D eigenvalue weighted by Crippen LogP contribution is 2.42. The molecule has 40 heavy (non-hydrogen) atoms. The van der Waals surface area contributed by atoms with Crippen LogP contribution in [0, 0.1) is 0 Å². The number of carbonyl (C=O) groups excluding carboxylic acids is 2. The number of likely N-dealkylation sites (tertiary alicyclic amines) is 1. The van der Waals surface area contributed by atoms with E-state index in [-0.39, 0.29) is 11.3 Å². The van der Waals surface area contributed by atoms with E-state index < -0.39 is 17.7 Å². The summed E-state index contributed by atoms with van der Waals surface area (Å²) < 4.78 is 19.1. The molecule has 0 spiro atoms. The molecule has 1 atom stereocenters. The number of hydrogen-bond donors (Lipinski definition) is 1. The minimum Gasteiger partial charge on any atom is -0.507 e. The molecule has 2 heterocycles. The molecule has 1 fully saturated rings. The fourth-order valence-corrected chi connectivity index (χ4v) is 4.86. The maximum atomic E-state index is 13.4. The number of ketones is 1. The second-order valence-electron chi connectivity index (χ2n) is 9.57. The quantitative estimate of drug-likeness (QED) is 0.125. The summed E-state index contributed by atoms with van der Waals surface area (Å²) in [5.74, 6) is 0.00718. The SMILES string of the molecule is CCCCCOc1ccc(C2C(=C(O)c3cccc(OCC)c3)C(=O)C(=O)N2CCCn2ccnc2)cc1OC. The predicted molar refractivity (Wildman–Crippen MR) is 151 cm³/mol.